The number of ether oxygens (including phenoxy) is 2. The van der Waals surface area contributed by atoms with Crippen molar-refractivity contribution in [3.8, 4) is 23.0 Å². The fraction of sp³-hybridized carbons (Fsp3) is 0.286. The number of hydrogen-bond donors (Lipinski definition) is 0. The summed E-state index contributed by atoms with van der Waals surface area (Å²) < 4.78 is 16.5. The van der Waals surface area contributed by atoms with Gasteiger partial charge in [-0.05, 0) is 49.6 Å². The molecule has 5 rings (SSSR count). The number of hydrogen-bond acceptors (Lipinski definition) is 7. The molecule has 7 nitrogen and oxygen atoms in total. The van der Waals surface area contributed by atoms with Gasteiger partial charge in [-0.3, -0.25) is 4.79 Å². The van der Waals surface area contributed by atoms with Crippen molar-refractivity contribution in [3.05, 3.63) is 48.0 Å². The molecule has 0 spiro atoms. The van der Waals surface area contributed by atoms with Crippen LogP contribution in [0.15, 0.2) is 52.1 Å². The molecule has 1 unspecified atom stereocenters. The normalized spacial score (nSPS) is 15.8. The SMILES string of the molecule is CC(Sc1nnc(-c2ccc3c(c2)OCO3)o1)C(=O)N1CCCc2ccccc21. The summed E-state index contributed by atoms with van der Waals surface area (Å²) >= 11 is 1.27. The fourth-order valence-corrected chi connectivity index (χ4v) is 4.33. The van der Waals surface area contributed by atoms with Crippen LogP contribution in [0.25, 0.3) is 11.5 Å². The standard InChI is InChI=1S/C21H19N3O4S/c1-13(20(25)24-10-4-6-14-5-2-3-7-16(14)24)29-21-23-22-19(28-21)15-8-9-17-18(11-15)27-12-26-17/h2-3,5,7-9,11,13H,4,6,10,12H2,1H3. The van der Waals surface area contributed by atoms with Crippen LogP contribution in [0.2, 0.25) is 0 Å². The number of aryl methyl sites for hydroxylation is 1. The zero-order valence-electron chi connectivity index (χ0n) is 15.8. The molecule has 3 aromatic rings. The van der Waals surface area contributed by atoms with Crippen LogP contribution >= 0.6 is 11.8 Å². The monoisotopic (exact) mass is 409 g/mol. The molecule has 0 aliphatic carbocycles. The van der Waals surface area contributed by atoms with Gasteiger partial charge in [0.25, 0.3) is 5.22 Å². The molecule has 2 aromatic carbocycles. The fourth-order valence-electron chi connectivity index (χ4n) is 3.59. The Bertz CT molecular complexity index is 1070. The van der Waals surface area contributed by atoms with Crippen LogP contribution in [0.5, 0.6) is 11.5 Å². The van der Waals surface area contributed by atoms with Crippen molar-refractivity contribution in [2.45, 2.75) is 30.2 Å². The third kappa shape index (κ3) is 3.44. The number of para-hydroxylation sites is 1. The Morgan fingerprint density at radius 2 is 2.00 bits per heavy atom. The van der Waals surface area contributed by atoms with Gasteiger partial charge in [0.1, 0.15) is 0 Å². The Morgan fingerprint density at radius 3 is 2.93 bits per heavy atom. The van der Waals surface area contributed by atoms with E-state index in [9.17, 15) is 4.79 Å². The maximum atomic E-state index is 13.1. The molecular weight excluding hydrogens is 390 g/mol. The zero-order chi connectivity index (χ0) is 19.8. The smallest absolute Gasteiger partial charge is 0.277 e. The summed E-state index contributed by atoms with van der Waals surface area (Å²) in [4.78, 5) is 14.9. The summed E-state index contributed by atoms with van der Waals surface area (Å²) in [7, 11) is 0. The van der Waals surface area contributed by atoms with E-state index in [-0.39, 0.29) is 18.0 Å². The van der Waals surface area contributed by atoms with Gasteiger partial charge in [0.15, 0.2) is 11.5 Å². The first-order valence-corrected chi connectivity index (χ1v) is 10.4. The molecule has 148 valence electrons. The molecule has 0 saturated carbocycles. The highest BCUT2D eigenvalue weighted by Crippen LogP contribution is 2.36. The lowest BCUT2D eigenvalue weighted by Crippen LogP contribution is -2.40. The van der Waals surface area contributed by atoms with Crippen LogP contribution in [-0.2, 0) is 11.2 Å². The van der Waals surface area contributed by atoms with Crippen molar-refractivity contribution in [3.63, 3.8) is 0 Å². The molecule has 8 heteroatoms. The Morgan fingerprint density at radius 1 is 1.14 bits per heavy atom. The summed E-state index contributed by atoms with van der Waals surface area (Å²) in [5.74, 6) is 1.78. The predicted molar refractivity (Wildman–Crippen MR) is 108 cm³/mol. The van der Waals surface area contributed by atoms with Gasteiger partial charge in [0.05, 0.1) is 5.25 Å². The Hall–Kier alpha value is -3.00. The van der Waals surface area contributed by atoms with Gasteiger partial charge in [0.2, 0.25) is 18.6 Å². The summed E-state index contributed by atoms with van der Waals surface area (Å²) in [6, 6.07) is 13.5. The third-order valence-corrected chi connectivity index (χ3v) is 5.95. The molecule has 29 heavy (non-hydrogen) atoms. The van der Waals surface area contributed by atoms with Crippen LogP contribution in [0.4, 0.5) is 5.69 Å². The first-order valence-electron chi connectivity index (χ1n) is 9.48. The van der Waals surface area contributed by atoms with Crippen molar-refractivity contribution in [1.29, 1.82) is 0 Å². The van der Waals surface area contributed by atoms with Gasteiger partial charge in [-0.1, -0.05) is 30.0 Å². The van der Waals surface area contributed by atoms with Crippen molar-refractivity contribution < 1.29 is 18.7 Å². The van der Waals surface area contributed by atoms with Crippen molar-refractivity contribution >= 4 is 23.4 Å². The van der Waals surface area contributed by atoms with E-state index >= 15 is 0 Å². The van der Waals surface area contributed by atoms with Gasteiger partial charge in [0, 0.05) is 17.8 Å². The minimum Gasteiger partial charge on any atom is -0.454 e. The Kier molecular flexibility index (Phi) is 4.63. The van der Waals surface area contributed by atoms with Crippen LogP contribution in [0.3, 0.4) is 0 Å². The molecule has 0 bridgehead atoms. The number of nitrogens with zero attached hydrogens (tertiary/aromatic N) is 3. The molecule has 2 aliphatic rings. The lowest BCUT2D eigenvalue weighted by Gasteiger charge is -2.31. The van der Waals surface area contributed by atoms with Crippen LogP contribution in [-0.4, -0.2) is 34.7 Å². The van der Waals surface area contributed by atoms with E-state index in [0.29, 0.717) is 22.6 Å². The Labute approximate surface area is 172 Å². The molecule has 1 aromatic heterocycles. The summed E-state index contributed by atoms with van der Waals surface area (Å²) in [6.45, 7) is 2.81. The minimum absolute atomic E-state index is 0.0463. The van der Waals surface area contributed by atoms with E-state index in [4.69, 9.17) is 13.9 Å². The number of carbonyl (C=O) groups excluding carboxylic acids is 1. The van der Waals surface area contributed by atoms with E-state index in [0.717, 1.165) is 30.6 Å². The van der Waals surface area contributed by atoms with E-state index in [1.165, 1.54) is 17.3 Å². The van der Waals surface area contributed by atoms with Crippen molar-refractivity contribution in [1.82, 2.24) is 10.2 Å². The van der Waals surface area contributed by atoms with Crippen LogP contribution in [0, 0.1) is 0 Å². The molecular formula is C21H19N3O4S. The number of benzene rings is 2. The number of carbonyl (C=O) groups is 1. The van der Waals surface area contributed by atoms with Crippen LogP contribution in [0.1, 0.15) is 18.9 Å². The maximum absolute atomic E-state index is 13.1. The Balaban J connectivity index is 1.31. The zero-order valence-corrected chi connectivity index (χ0v) is 16.6. The van der Waals surface area contributed by atoms with Gasteiger partial charge >= 0.3 is 0 Å². The second kappa shape index (κ2) is 7.44. The average Bonchev–Trinajstić information content (AvgIpc) is 3.41. The molecule has 2 aliphatic heterocycles. The van der Waals surface area contributed by atoms with Crippen molar-refractivity contribution in [2.75, 3.05) is 18.2 Å². The second-order valence-electron chi connectivity index (χ2n) is 6.92. The van der Waals surface area contributed by atoms with E-state index in [1.807, 2.05) is 48.2 Å². The van der Waals surface area contributed by atoms with E-state index < -0.39 is 0 Å². The summed E-state index contributed by atoms with van der Waals surface area (Å²) in [5.41, 5.74) is 2.97. The lowest BCUT2D eigenvalue weighted by atomic mass is 10.0. The highest BCUT2D eigenvalue weighted by molar-refractivity contribution is 8.00. The number of amides is 1. The minimum atomic E-state index is -0.341. The maximum Gasteiger partial charge on any atom is 0.277 e. The molecule has 0 saturated heterocycles. The highest BCUT2D eigenvalue weighted by Gasteiger charge is 2.28. The van der Waals surface area contributed by atoms with E-state index in [1.54, 1.807) is 0 Å². The van der Waals surface area contributed by atoms with Gasteiger partial charge in [-0.15, -0.1) is 10.2 Å². The van der Waals surface area contributed by atoms with Gasteiger partial charge in [-0.2, -0.15) is 0 Å². The quantitative estimate of drug-likeness (QED) is 0.604. The highest BCUT2D eigenvalue weighted by atomic mass is 32.2. The van der Waals surface area contributed by atoms with Gasteiger partial charge < -0.3 is 18.8 Å². The third-order valence-electron chi connectivity index (χ3n) is 5.03. The number of aromatic nitrogens is 2. The summed E-state index contributed by atoms with van der Waals surface area (Å²) in [6.07, 6.45) is 1.97. The lowest BCUT2D eigenvalue weighted by molar-refractivity contribution is -0.117. The summed E-state index contributed by atoms with van der Waals surface area (Å²) in [5, 5.41) is 8.24. The molecule has 3 heterocycles. The number of anilines is 1. The van der Waals surface area contributed by atoms with E-state index in [2.05, 4.69) is 16.3 Å². The first-order chi connectivity index (χ1) is 14.2. The topological polar surface area (TPSA) is 77.7 Å². The predicted octanol–water partition coefficient (Wildman–Crippen LogP) is 3.93. The van der Waals surface area contributed by atoms with Crippen molar-refractivity contribution in [2.24, 2.45) is 0 Å². The molecule has 0 fully saturated rings. The largest absolute Gasteiger partial charge is 0.454 e. The number of fused-ring (bicyclic) bond motifs is 2. The van der Waals surface area contributed by atoms with Crippen LogP contribution < -0.4 is 14.4 Å². The first kappa shape index (κ1) is 18.1. The number of thioether (sulfide) groups is 1. The number of rotatable bonds is 4. The molecule has 0 N–H and O–H groups in total. The van der Waals surface area contributed by atoms with Gasteiger partial charge in [-0.25, -0.2) is 0 Å². The average molecular weight is 409 g/mol. The molecule has 1 amide bonds. The molecule has 0 radical (unpaired) electrons. The second-order valence-corrected chi connectivity index (χ2v) is 8.22. The molecule has 1 atom stereocenters.